The molecule has 3 amide bonds. The molecule has 1 fully saturated rings. The Morgan fingerprint density at radius 2 is 1.82 bits per heavy atom. The number of halogens is 2. The summed E-state index contributed by atoms with van der Waals surface area (Å²) in [7, 11) is 0. The number of carbonyl (C=O) groups is 2. The zero-order chi connectivity index (χ0) is 19.9. The SMILES string of the molecule is O=C(NCCC1CCN(C(=O)Nc2cc(F)cc(F)c2)CC1)c1ccccn1. The van der Waals surface area contributed by atoms with Crippen molar-refractivity contribution >= 4 is 17.6 Å². The van der Waals surface area contributed by atoms with Crippen LogP contribution in [0.3, 0.4) is 0 Å². The van der Waals surface area contributed by atoms with Crippen LogP contribution in [0.2, 0.25) is 0 Å². The van der Waals surface area contributed by atoms with E-state index in [0.717, 1.165) is 37.5 Å². The quantitative estimate of drug-likeness (QED) is 0.824. The number of aromatic nitrogens is 1. The Kier molecular flexibility index (Phi) is 6.52. The molecule has 0 saturated carbocycles. The number of amides is 3. The maximum absolute atomic E-state index is 13.2. The van der Waals surface area contributed by atoms with Crippen LogP contribution in [-0.4, -0.2) is 41.5 Å². The summed E-state index contributed by atoms with van der Waals surface area (Å²) in [6.07, 6.45) is 4.02. The third kappa shape index (κ3) is 5.48. The molecule has 28 heavy (non-hydrogen) atoms. The van der Waals surface area contributed by atoms with E-state index in [-0.39, 0.29) is 17.6 Å². The molecule has 1 aromatic heterocycles. The number of hydrogen-bond donors (Lipinski definition) is 2. The molecule has 6 nitrogen and oxygen atoms in total. The van der Waals surface area contributed by atoms with E-state index in [2.05, 4.69) is 15.6 Å². The number of likely N-dealkylation sites (tertiary alicyclic amines) is 1. The predicted molar refractivity (Wildman–Crippen MR) is 101 cm³/mol. The number of anilines is 1. The van der Waals surface area contributed by atoms with E-state index in [1.165, 1.54) is 0 Å². The molecule has 1 aliphatic heterocycles. The second-order valence-corrected chi connectivity index (χ2v) is 6.78. The summed E-state index contributed by atoms with van der Waals surface area (Å²) in [4.78, 5) is 29.9. The second-order valence-electron chi connectivity index (χ2n) is 6.78. The molecule has 2 aromatic rings. The summed E-state index contributed by atoms with van der Waals surface area (Å²) in [6, 6.07) is 7.74. The number of piperidine rings is 1. The Morgan fingerprint density at radius 1 is 1.11 bits per heavy atom. The minimum atomic E-state index is -0.734. The van der Waals surface area contributed by atoms with Gasteiger partial charge in [-0.3, -0.25) is 9.78 Å². The van der Waals surface area contributed by atoms with Crippen molar-refractivity contribution in [3.05, 3.63) is 59.9 Å². The lowest BCUT2D eigenvalue weighted by atomic mass is 9.93. The lowest BCUT2D eigenvalue weighted by molar-refractivity contribution is 0.0944. The molecule has 2 N–H and O–H groups in total. The molecule has 1 aliphatic rings. The Hall–Kier alpha value is -3.03. The monoisotopic (exact) mass is 388 g/mol. The van der Waals surface area contributed by atoms with Gasteiger partial charge in [0.1, 0.15) is 17.3 Å². The van der Waals surface area contributed by atoms with Crippen LogP contribution in [0.25, 0.3) is 0 Å². The third-order valence-electron chi connectivity index (χ3n) is 4.75. The fourth-order valence-electron chi connectivity index (χ4n) is 3.23. The number of nitrogens with zero attached hydrogens (tertiary/aromatic N) is 2. The van der Waals surface area contributed by atoms with Crippen LogP contribution < -0.4 is 10.6 Å². The van der Waals surface area contributed by atoms with Crippen molar-refractivity contribution in [2.24, 2.45) is 5.92 Å². The number of urea groups is 1. The van der Waals surface area contributed by atoms with E-state index in [1.54, 1.807) is 29.3 Å². The predicted octanol–water partition coefficient (Wildman–Crippen LogP) is 3.42. The Morgan fingerprint density at radius 3 is 2.46 bits per heavy atom. The van der Waals surface area contributed by atoms with Crippen LogP contribution in [0.4, 0.5) is 19.3 Å². The summed E-state index contributed by atoms with van der Waals surface area (Å²) in [5.74, 6) is -1.26. The number of pyridine rings is 1. The average Bonchev–Trinajstić information content (AvgIpc) is 2.68. The van der Waals surface area contributed by atoms with Crippen molar-refractivity contribution in [3.8, 4) is 0 Å². The fraction of sp³-hybridized carbons (Fsp3) is 0.350. The van der Waals surface area contributed by atoms with Crippen molar-refractivity contribution in [1.82, 2.24) is 15.2 Å². The minimum Gasteiger partial charge on any atom is -0.351 e. The van der Waals surface area contributed by atoms with Crippen molar-refractivity contribution in [2.45, 2.75) is 19.3 Å². The van der Waals surface area contributed by atoms with Crippen LogP contribution in [-0.2, 0) is 0 Å². The second kappa shape index (κ2) is 9.25. The highest BCUT2D eigenvalue weighted by Crippen LogP contribution is 2.21. The Balaban J connectivity index is 1.39. The summed E-state index contributed by atoms with van der Waals surface area (Å²) < 4.78 is 26.4. The first-order chi connectivity index (χ1) is 13.5. The molecule has 1 saturated heterocycles. The van der Waals surface area contributed by atoms with Gasteiger partial charge < -0.3 is 15.5 Å². The maximum atomic E-state index is 13.2. The lowest BCUT2D eigenvalue weighted by Crippen LogP contribution is -2.41. The highest BCUT2D eigenvalue weighted by molar-refractivity contribution is 5.92. The molecule has 8 heteroatoms. The van der Waals surface area contributed by atoms with Gasteiger partial charge in [-0.25, -0.2) is 13.6 Å². The van der Waals surface area contributed by atoms with Crippen molar-refractivity contribution in [3.63, 3.8) is 0 Å². The van der Waals surface area contributed by atoms with Crippen LogP contribution in [0, 0.1) is 17.6 Å². The molecule has 0 unspecified atom stereocenters. The number of nitrogens with one attached hydrogen (secondary N) is 2. The van der Waals surface area contributed by atoms with E-state index in [9.17, 15) is 18.4 Å². The van der Waals surface area contributed by atoms with Crippen LogP contribution in [0.1, 0.15) is 29.8 Å². The van der Waals surface area contributed by atoms with E-state index >= 15 is 0 Å². The minimum absolute atomic E-state index is 0.0989. The van der Waals surface area contributed by atoms with Crippen LogP contribution in [0.15, 0.2) is 42.6 Å². The van der Waals surface area contributed by atoms with E-state index in [4.69, 9.17) is 0 Å². The molecule has 0 aliphatic carbocycles. The average molecular weight is 388 g/mol. The molecule has 1 aromatic carbocycles. The Labute approximate surface area is 162 Å². The standard InChI is InChI=1S/C20H22F2N4O2/c21-15-11-16(22)13-17(12-15)25-20(28)26-9-5-14(6-10-26)4-8-24-19(27)18-3-1-2-7-23-18/h1-3,7,11-14H,4-6,8-10H2,(H,24,27)(H,25,28). The zero-order valence-corrected chi connectivity index (χ0v) is 15.3. The van der Waals surface area contributed by atoms with Gasteiger partial charge >= 0.3 is 6.03 Å². The number of hydrogen-bond acceptors (Lipinski definition) is 3. The summed E-state index contributed by atoms with van der Waals surface area (Å²) in [5.41, 5.74) is 0.490. The van der Waals surface area contributed by atoms with Gasteiger partial charge in [0.25, 0.3) is 5.91 Å². The van der Waals surface area contributed by atoms with Gasteiger partial charge in [-0.1, -0.05) is 6.07 Å². The van der Waals surface area contributed by atoms with E-state index in [1.807, 2.05) is 0 Å². The van der Waals surface area contributed by atoms with Gasteiger partial charge in [0, 0.05) is 37.6 Å². The highest BCUT2D eigenvalue weighted by Gasteiger charge is 2.23. The first-order valence-corrected chi connectivity index (χ1v) is 9.22. The van der Waals surface area contributed by atoms with Crippen LogP contribution in [0.5, 0.6) is 0 Å². The smallest absolute Gasteiger partial charge is 0.321 e. The lowest BCUT2D eigenvalue weighted by Gasteiger charge is -2.32. The van der Waals surface area contributed by atoms with Crippen LogP contribution >= 0.6 is 0 Å². The summed E-state index contributed by atoms with van der Waals surface area (Å²) in [6.45, 7) is 1.67. The molecule has 3 rings (SSSR count). The normalized spacial score (nSPS) is 14.6. The first kappa shape index (κ1) is 19.7. The molecule has 0 bridgehead atoms. The highest BCUT2D eigenvalue weighted by atomic mass is 19.1. The maximum Gasteiger partial charge on any atom is 0.321 e. The van der Waals surface area contributed by atoms with Crippen molar-refractivity contribution < 1.29 is 18.4 Å². The van der Waals surface area contributed by atoms with Crippen molar-refractivity contribution in [1.29, 1.82) is 0 Å². The summed E-state index contributed by atoms with van der Waals surface area (Å²) >= 11 is 0. The molecule has 0 spiro atoms. The molecular formula is C20H22F2N4O2. The van der Waals surface area contributed by atoms with Gasteiger partial charge in [0.2, 0.25) is 0 Å². The van der Waals surface area contributed by atoms with Gasteiger partial charge in [-0.2, -0.15) is 0 Å². The largest absolute Gasteiger partial charge is 0.351 e. The number of rotatable bonds is 5. The molecule has 2 heterocycles. The third-order valence-corrected chi connectivity index (χ3v) is 4.75. The number of benzene rings is 1. The fourth-order valence-corrected chi connectivity index (χ4v) is 3.23. The summed E-state index contributed by atoms with van der Waals surface area (Å²) in [5, 5.41) is 5.39. The first-order valence-electron chi connectivity index (χ1n) is 9.22. The van der Waals surface area contributed by atoms with Gasteiger partial charge in [-0.15, -0.1) is 0 Å². The molecular weight excluding hydrogens is 366 g/mol. The molecule has 0 atom stereocenters. The number of carbonyl (C=O) groups excluding carboxylic acids is 2. The van der Waals surface area contributed by atoms with E-state index < -0.39 is 11.6 Å². The topological polar surface area (TPSA) is 74.3 Å². The van der Waals surface area contributed by atoms with Crippen molar-refractivity contribution in [2.75, 3.05) is 25.0 Å². The molecule has 148 valence electrons. The van der Waals surface area contributed by atoms with Gasteiger partial charge in [0.05, 0.1) is 0 Å². The van der Waals surface area contributed by atoms with Gasteiger partial charge in [0.15, 0.2) is 0 Å². The zero-order valence-electron chi connectivity index (χ0n) is 15.3. The van der Waals surface area contributed by atoms with Gasteiger partial charge in [-0.05, 0) is 49.4 Å². The molecule has 0 radical (unpaired) electrons. The Bertz CT molecular complexity index is 804. The van der Waals surface area contributed by atoms with E-state index in [0.29, 0.717) is 31.2 Å².